The molecule has 1 heterocycles. The summed E-state index contributed by atoms with van der Waals surface area (Å²) >= 11 is 0. The number of halogens is 1. The molecule has 144 valence electrons. The van der Waals surface area contributed by atoms with Gasteiger partial charge in [-0.25, -0.2) is 0 Å². The highest BCUT2D eigenvalue weighted by Gasteiger charge is 2.16. The number of carbonyl (C=O) groups excluding carboxylic acids is 1. The van der Waals surface area contributed by atoms with Gasteiger partial charge in [0.1, 0.15) is 5.76 Å². The van der Waals surface area contributed by atoms with Gasteiger partial charge in [0.15, 0.2) is 5.96 Å². The smallest absolute Gasteiger partial charge is 0.242 e. The summed E-state index contributed by atoms with van der Waals surface area (Å²) in [6.45, 7) is 10.6. The fourth-order valence-electron chi connectivity index (χ4n) is 2.28. The summed E-state index contributed by atoms with van der Waals surface area (Å²) in [4.78, 5) is 20.7. The van der Waals surface area contributed by atoms with Crippen LogP contribution in [0.5, 0.6) is 0 Å². The summed E-state index contributed by atoms with van der Waals surface area (Å²) in [6, 6.07) is 4.13. The molecule has 1 amide bonds. The molecule has 0 aliphatic carbocycles. The molecule has 1 unspecified atom stereocenters. The normalized spacial score (nSPS) is 12.3. The first-order valence-electron chi connectivity index (χ1n) is 8.83. The zero-order valence-corrected chi connectivity index (χ0v) is 18.4. The molecule has 1 rings (SSSR count). The largest absolute Gasteiger partial charge is 0.469 e. The molecule has 6 nitrogen and oxygen atoms in total. The molecule has 1 atom stereocenters. The Morgan fingerprint density at radius 3 is 2.52 bits per heavy atom. The van der Waals surface area contributed by atoms with E-state index in [0.717, 1.165) is 37.7 Å². The van der Waals surface area contributed by atoms with E-state index in [-0.39, 0.29) is 29.9 Å². The van der Waals surface area contributed by atoms with Crippen molar-refractivity contribution in [3.63, 3.8) is 0 Å². The van der Waals surface area contributed by atoms with Crippen molar-refractivity contribution in [2.75, 3.05) is 33.2 Å². The van der Waals surface area contributed by atoms with Gasteiger partial charge in [-0.05, 0) is 39.3 Å². The lowest BCUT2D eigenvalue weighted by Gasteiger charge is -2.27. The Morgan fingerprint density at radius 1 is 1.32 bits per heavy atom. The van der Waals surface area contributed by atoms with Gasteiger partial charge < -0.3 is 19.5 Å². The van der Waals surface area contributed by atoms with Gasteiger partial charge in [0, 0.05) is 39.1 Å². The molecule has 0 aliphatic heterocycles. The van der Waals surface area contributed by atoms with Gasteiger partial charge >= 0.3 is 0 Å². The number of hydrogen-bond acceptors (Lipinski definition) is 3. The number of aliphatic imine (C=N–C) groups is 1. The lowest BCUT2D eigenvalue weighted by molar-refractivity contribution is -0.131. The monoisotopic (exact) mass is 464 g/mol. The van der Waals surface area contributed by atoms with Crippen LogP contribution in [-0.4, -0.2) is 60.9 Å². The van der Waals surface area contributed by atoms with E-state index in [0.29, 0.717) is 19.1 Å². The number of hydrogen-bond donors (Lipinski definition) is 1. The number of furan rings is 1. The summed E-state index contributed by atoms with van der Waals surface area (Å²) in [7, 11) is 1.91. The molecule has 0 radical (unpaired) electrons. The van der Waals surface area contributed by atoms with Crippen LogP contribution >= 0.6 is 24.0 Å². The quantitative estimate of drug-likeness (QED) is 0.347. The maximum atomic E-state index is 12.3. The Morgan fingerprint density at radius 2 is 2.00 bits per heavy atom. The molecule has 0 bridgehead atoms. The number of amides is 1. The third kappa shape index (κ3) is 8.60. The van der Waals surface area contributed by atoms with Gasteiger partial charge in [0.05, 0.1) is 12.8 Å². The van der Waals surface area contributed by atoms with Crippen LogP contribution in [0.4, 0.5) is 0 Å². The fourth-order valence-corrected chi connectivity index (χ4v) is 2.28. The molecule has 0 spiro atoms. The third-order valence-electron chi connectivity index (χ3n) is 4.04. The molecule has 1 N–H and O–H groups in total. The zero-order chi connectivity index (χ0) is 17.9. The predicted octanol–water partition coefficient (Wildman–Crippen LogP) is 2.98. The van der Waals surface area contributed by atoms with Gasteiger partial charge in [-0.15, -0.1) is 24.0 Å². The second-order valence-corrected chi connectivity index (χ2v) is 5.91. The van der Waals surface area contributed by atoms with E-state index in [2.05, 4.69) is 24.2 Å². The molecule has 1 aromatic heterocycles. The van der Waals surface area contributed by atoms with Crippen molar-refractivity contribution in [3.8, 4) is 0 Å². The average molecular weight is 464 g/mol. The lowest BCUT2D eigenvalue weighted by atomic mass is 10.3. The summed E-state index contributed by atoms with van der Waals surface area (Å²) in [5.74, 6) is 1.80. The minimum Gasteiger partial charge on any atom is -0.469 e. The van der Waals surface area contributed by atoms with E-state index in [1.165, 1.54) is 0 Å². The van der Waals surface area contributed by atoms with Crippen LogP contribution in [0.1, 0.15) is 39.9 Å². The van der Waals surface area contributed by atoms with Gasteiger partial charge in [0.25, 0.3) is 0 Å². The standard InChI is InChI=1S/C18H32N4O2.HI/c1-6-15(4)20-18(19-12-11-16-10-9-13-24-16)21(5)14-17(23)22(7-2)8-3;/h9-10,13,15H,6-8,11-12,14H2,1-5H3,(H,19,20);1H. The van der Waals surface area contributed by atoms with E-state index in [1.807, 2.05) is 42.8 Å². The molecule has 0 aromatic carbocycles. The molecule has 0 fully saturated rings. The van der Waals surface area contributed by atoms with Gasteiger partial charge in [-0.2, -0.15) is 0 Å². The molecule has 1 aromatic rings. The van der Waals surface area contributed by atoms with Crippen molar-refractivity contribution in [3.05, 3.63) is 24.2 Å². The average Bonchev–Trinajstić information content (AvgIpc) is 3.08. The first-order valence-corrected chi connectivity index (χ1v) is 8.83. The molecule has 0 aliphatic rings. The SMILES string of the molecule is CCC(C)NC(=NCCc1ccco1)N(C)CC(=O)N(CC)CC.I. The Kier molecular flexibility index (Phi) is 12.4. The number of carbonyl (C=O) groups is 1. The highest BCUT2D eigenvalue weighted by molar-refractivity contribution is 14.0. The molecule has 0 saturated heterocycles. The molecule has 25 heavy (non-hydrogen) atoms. The van der Waals surface area contributed by atoms with Crippen molar-refractivity contribution in [1.82, 2.24) is 15.1 Å². The van der Waals surface area contributed by atoms with E-state index < -0.39 is 0 Å². The maximum absolute atomic E-state index is 12.3. The first kappa shape index (κ1) is 23.8. The highest BCUT2D eigenvalue weighted by Crippen LogP contribution is 2.02. The number of nitrogens with zero attached hydrogens (tertiary/aromatic N) is 3. The van der Waals surface area contributed by atoms with E-state index in [9.17, 15) is 4.79 Å². The lowest BCUT2D eigenvalue weighted by Crippen LogP contribution is -2.48. The van der Waals surface area contributed by atoms with Gasteiger partial charge in [-0.1, -0.05) is 6.92 Å². The third-order valence-corrected chi connectivity index (χ3v) is 4.04. The van der Waals surface area contributed by atoms with Crippen molar-refractivity contribution < 1.29 is 9.21 Å². The van der Waals surface area contributed by atoms with Gasteiger partial charge in [0.2, 0.25) is 5.91 Å². The first-order chi connectivity index (χ1) is 11.5. The van der Waals surface area contributed by atoms with Crippen LogP contribution in [-0.2, 0) is 11.2 Å². The molecule has 0 saturated carbocycles. The second-order valence-electron chi connectivity index (χ2n) is 5.91. The van der Waals surface area contributed by atoms with Gasteiger partial charge in [-0.3, -0.25) is 9.79 Å². The Labute approximate surface area is 169 Å². The minimum atomic E-state index is 0. The predicted molar refractivity (Wildman–Crippen MR) is 114 cm³/mol. The van der Waals surface area contributed by atoms with Crippen LogP contribution in [0.2, 0.25) is 0 Å². The van der Waals surface area contributed by atoms with Crippen LogP contribution in [0, 0.1) is 0 Å². The van der Waals surface area contributed by atoms with Crippen LogP contribution in [0.25, 0.3) is 0 Å². The summed E-state index contributed by atoms with van der Waals surface area (Å²) < 4.78 is 5.34. The van der Waals surface area contributed by atoms with Crippen LogP contribution in [0.3, 0.4) is 0 Å². The number of rotatable bonds is 9. The summed E-state index contributed by atoms with van der Waals surface area (Å²) in [5.41, 5.74) is 0. The fraction of sp³-hybridized carbons (Fsp3) is 0.667. The number of guanidine groups is 1. The van der Waals surface area contributed by atoms with Crippen molar-refractivity contribution in [2.24, 2.45) is 4.99 Å². The highest BCUT2D eigenvalue weighted by atomic mass is 127. The maximum Gasteiger partial charge on any atom is 0.242 e. The Bertz CT molecular complexity index is 501. The van der Waals surface area contributed by atoms with Crippen LogP contribution < -0.4 is 5.32 Å². The molecular weight excluding hydrogens is 431 g/mol. The summed E-state index contributed by atoms with van der Waals surface area (Å²) in [6.07, 6.45) is 3.41. The Hall–Kier alpha value is -1.25. The topological polar surface area (TPSA) is 61.1 Å². The van der Waals surface area contributed by atoms with Crippen molar-refractivity contribution in [1.29, 1.82) is 0 Å². The summed E-state index contributed by atoms with van der Waals surface area (Å²) in [5, 5.41) is 3.40. The number of likely N-dealkylation sites (N-methyl/N-ethyl adjacent to an activating group) is 2. The van der Waals surface area contributed by atoms with E-state index in [1.54, 1.807) is 6.26 Å². The van der Waals surface area contributed by atoms with E-state index in [4.69, 9.17) is 4.42 Å². The van der Waals surface area contributed by atoms with Crippen LogP contribution in [0.15, 0.2) is 27.8 Å². The minimum absolute atomic E-state index is 0. The van der Waals surface area contributed by atoms with Crippen molar-refractivity contribution in [2.45, 2.75) is 46.6 Å². The van der Waals surface area contributed by atoms with Crippen molar-refractivity contribution >= 4 is 35.8 Å². The zero-order valence-electron chi connectivity index (χ0n) is 16.1. The molecular formula is C18H33IN4O2. The van der Waals surface area contributed by atoms with E-state index >= 15 is 0 Å². The Balaban J connectivity index is 0.00000576. The molecule has 7 heteroatoms. The number of nitrogens with one attached hydrogen (secondary N) is 1. The second kappa shape index (κ2) is 13.0.